The Morgan fingerprint density at radius 1 is 0.823 bits per heavy atom. The molecule has 3 aromatic rings. The number of nitrogens with one attached hydrogen (secondary N) is 1. The fourth-order valence-corrected chi connectivity index (χ4v) is 16.9. The van der Waals surface area contributed by atoms with Gasteiger partial charge in [0, 0.05) is 31.5 Å². The average molecular weight is 1110 g/mol. The molecule has 1 amide bonds. The summed E-state index contributed by atoms with van der Waals surface area (Å²) in [4.78, 5) is 13.4. The highest BCUT2D eigenvalue weighted by molar-refractivity contribution is 7.44. The number of benzene rings is 3. The zero-order chi connectivity index (χ0) is 56.3. The lowest BCUT2D eigenvalue weighted by Crippen LogP contribution is -2.51. The minimum atomic E-state index is -1.61. The molecule has 79 heavy (non-hydrogen) atoms. The van der Waals surface area contributed by atoms with E-state index >= 15 is 0 Å². The molecule has 4 fully saturated rings. The summed E-state index contributed by atoms with van der Waals surface area (Å²) in [5.41, 5.74) is 3.85. The number of rotatable bonds is 27. The molecule has 1 heterocycles. The molecule has 1 saturated heterocycles. The average Bonchev–Trinajstić information content (AvgIpc) is 3.96. The second-order valence-electron chi connectivity index (χ2n) is 25.1. The molecule has 5 aliphatic rings. The smallest absolute Gasteiger partial charge is 0.407 e. The van der Waals surface area contributed by atoms with Crippen molar-refractivity contribution in [2.75, 3.05) is 40.6 Å². The predicted octanol–water partition coefficient (Wildman–Crippen LogP) is 15.3. The normalized spacial score (nSPS) is 28.4. The summed E-state index contributed by atoms with van der Waals surface area (Å²) < 4.78 is 53.7. The first-order chi connectivity index (χ1) is 38.0. The molecule has 12 nitrogen and oxygen atoms in total. The molecule has 3 aromatic carbocycles. The van der Waals surface area contributed by atoms with E-state index in [0.29, 0.717) is 31.4 Å². The molecule has 0 bridgehead atoms. The quantitative estimate of drug-likeness (QED) is 0.0339. The van der Waals surface area contributed by atoms with Gasteiger partial charge in [0.1, 0.15) is 29.3 Å². The van der Waals surface area contributed by atoms with Crippen LogP contribution in [0.15, 0.2) is 90.5 Å². The van der Waals surface area contributed by atoms with Crippen molar-refractivity contribution in [3.63, 3.8) is 0 Å². The number of nitriles is 1. The summed E-state index contributed by atoms with van der Waals surface area (Å²) in [7, 11) is 1.71. The molecule has 12 atom stereocenters. The molecule has 0 radical (unpaired) electrons. The van der Waals surface area contributed by atoms with Crippen LogP contribution in [0.5, 0.6) is 11.5 Å². The SMILES string of the molecule is COc1ccc(C(OC[C@H]2O[C@@H](OCCCNC(=O)OC3CC[C@@]4(C)C(=CC[C@H]5[C@@H]6CC[C@H]([C@H](C)CCCC(C)C)[C@@]6(C)CC[C@@H]54)C3)C[C@@H]2OP(OCCC#N)N(C(C)C)C(C)C)(c2ccccc2)c2ccc(OC)cc2)cc1. The Kier molecular flexibility index (Phi) is 21.5. The van der Waals surface area contributed by atoms with Crippen LogP contribution in [0.25, 0.3) is 0 Å². The Balaban J connectivity index is 0.899. The summed E-state index contributed by atoms with van der Waals surface area (Å²) in [6.07, 6.45) is 15.3. The first-order valence-corrected chi connectivity index (χ1v) is 31.3. The number of nitrogens with zero attached hydrogens (tertiary/aromatic N) is 2. The van der Waals surface area contributed by atoms with Gasteiger partial charge < -0.3 is 42.8 Å². The van der Waals surface area contributed by atoms with E-state index in [1.54, 1.807) is 14.2 Å². The molecule has 2 unspecified atom stereocenters. The van der Waals surface area contributed by atoms with E-state index in [2.05, 4.69) is 96.6 Å². The van der Waals surface area contributed by atoms with Crippen molar-refractivity contribution in [3.8, 4) is 17.6 Å². The number of carbonyl (C=O) groups excluding carboxylic acids is 1. The van der Waals surface area contributed by atoms with E-state index in [1.165, 1.54) is 56.9 Å². The van der Waals surface area contributed by atoms with E-state index < -0.39 is 32.6 Å². The molecule has 3 saturated carbocycles. The highest BCUT2D eigenvalue weighted by Gasteiger charge is 2.59. The molecule has 0 aromatic heterocycles. The van der Waals surface area contributed by atoms with Crippen molar-refractivity contribution < 1.29 is 42.3 Å². The van der Waals surface area contributed by atoms with Crippen LogP contribution in [-0.4, -0.2) is 88.0 Å². The number of ether oxygens (including phenoxy) is 6. The number of carbonyl (C=O) groups is 1. The number of allylic oxidation sites excluding steroid dienone is 1. The number of methoxy groups -OCH3 is 2. The van der Waals surface area contributed by atoms with Gasteiger partial charge in [0.25, 0.3) is 8.53 Å². The highest BCUT2D eigenvalue weighted by Crippen LogP contribution is 2.67. The summed E-state index contributed by atoms with van der Waals surface area (Å²) in [6.45, 7) is 22.2. The van der Waals surface area contributed by atoms with Gasteiger partial charge in [-0.15, -0.1) is 0 Å². The van der Waals surface area contributed by atoms with Crippen LogP contribution in [0.3, 0.4) is 0 Å². The zero-order valence-electron chi connectivity index (χ0n) is 49.8. The van der Waals surface area contributed by atoms with Crippen molar-refractivity contribution in [2.24, 2.45) is 46.3 Å². The molecular formula is C66H96N3O9P. The number of amides is 1. The van der Waals surface area contributed by atoms with Gasteiger partial charge in [-0.2, -0.15) is 5.26 Å². The number of fused-ring (bicyclic) bond motifs is 5. The molecule has 434 valence electrons. The monoisotopic (exact) mass is 1110 g/mol. The fraction of sp³-hybridized carbons (Fsp3) is 0.667. The van der Waals surface area contributed by atoms with Crippen LogP contribution >= 0.6 is 8.53 Å². The van der Waals surface area contributed by atoms with Gasteiger partial charge in [0.2, 0.25) is 0 Å². The van der Waals surface area contributed by atoms with Crippen LogP contribution in [0, 0.1) is 57.7 Å². The molecule has 8 rings (SSSR count). The summed E-state index contributed by atoms with van der Waals surface area (Å²) in [5, 5.41) is 12.5. The van der Waals surface area contributed by atoms with E-state index in [9.17, 15) is 10.1 Å². The van der Waals surface area contributed by atoms with Crippen molar-refractivity contribution in [2.45, 2.75) is 194 Å². The third kappa shape index (κ3) is 14.1. The molecule has 1 aliphatic heterocycles. The van der Waals surface area contributed by atoms with Gasteiger partial charge in [-0.25, -0.2) is 9.46 Å². The Labute approximate surface area is 476 Å². The first-order valence-electron chi connectivity index (χ1n) is 30.2. The molecule has 13 heteroatoms. The van der Waals surface area contributed by atoms with E-state index in [-0.39, 0.29) is 49.3 Å². The van der Waals surface area contributed by atoms with Gasteiger partial charge in [-0.3, -0.25) is 0 Å². The largest absolute Gasteiger partial charge is 0.497 e. The van der Waals surface area contributed by atoms with Crippen LogP contribution in [0.1, 0.15) is 169 Å². The maximum atomic E-state index is 13.4. The minimum Gasteiger partial charge on any atom is -0.497 e. The first kappa shape index (κ1) is 61.0. The van der Waals surface area contributed by atoms with Crippen molar-refractivity contribution in [1.29, 1.82) is 5.26 Å². The predicted molar refractivity (Wildman–Crippen MR) is 314 cm³/mol. The van der Waals surface area contributed by atoms with Crippen LogP contribution < -0.4 is 14.8 Å². The molecular weight excluding hydrogens is 1010 g/mol. The zero-order valence-corrected chi connectivity index (χ0v) is 50.6. The minimum absolute atomic E-state index is 0.106. The van der Waals surface area contributed by atoms with Crippen LogP contribution in [0.2, 0.25) is 0 Å². The Hall–Kier alpha value is -4.05. The van der Waals surface area contributed by atoms with Crippen molar-refractivity contribution in [1.82, 2.24) is 9.99 Å². The lowest BCUT2D eigenvalue weighted by molar-refractivity contribution is -0.156. The number of alkyl carbamates (subject to hydrolysis) is 1. The third-order valence-corrected chi connectivity index (χ3v) is 21.3. The van der Waals surface area contributed by atoms with E-state index in [0.717, 1.165) is 83.0 Å². The van der Waals surface area contributed by atoms with Gasteiger partial charge in [-0.1, -0.05) is 120 Å². The summed E-state index contributed by atoms with van der Waals surface area (Å²) >= 11 is 0. The molecule has 0 spiro atoms. The maximum absolute atomic E-state index is 13.4. The molecule has 1 N–H and O–H groups in total. The third-order valence-electron chi connectivity index (χ3n) is 19.1. The highest BCUT2D eigenvalue weighted by atomic mass is 31.2. The van der Waals surface area contributed by atoms with Gasteiger partial charge in [0.15, 0.2) is 6.29 Å². The molecule has 4 aliphatic carbocycles. The Morgan fingerprint density at radius 2 is 1.49 bits per heavy atom. The fourth-order valence-electron chi connectivity index (χ4n) is 15.2. The van der Waals surface area contributed by atoms with Gasteiger partial charge in [0.05, 0.1) is 52.6 Å². The summed E-state index contributed by atoms with van der Waals surface area (Å²) in [5.74, 6) is 6.26. The van der Waals surface area contributed by atoms with Crippen LogP contribution in [-0.2, 0) is 33.6 Å². The standard InChI is InChI=1S/C66H96N3O9P/c1-45(2)18-15-19-48(7)57-32-33-58-56-31-26-52-42-55(34-36-64(52,8)59(56)35-37-65(57,58)9)76-63(70)68-39-17-40-73-62-43-60(78-79(75-41-16-38-67)69(46(3)4)47(5)6)61(77-62)44-74-66(49-20-13-12-14-21-49,50-22-27-53(71-10)28-23-50)51-24-29-54(72-11)30-25-51/h12-14,20-30,45-48,55-62H,15-19,31-37,39-44H2,1-11H3,(H,68,70)/t48-,55?,56+,57-,58+,59+,60+,61-,62-,64+,65-,79?/m1/s1. The van der Waals surface area contributed by atoms with Gasteiger partial charge >= 0.3 is 6.09 Å². The maximum Gasteiger partial charge on any atom is 0.407 e. The number of hydrogen-bond donors (Lipinski definition) is 1. The second kappa shape index (κ2) is 27.8. The topological polar surface area (TPSA) is 130 Å². The van der Waals surface area contributed by atoms with Crippen molar-refractivity contribution in [3.05, 3.63) is 107 Å². The summed E-state index contributed by atoms with van der Waals surface area (Å²) in [6, 6.07) is 28.6. The Morgan fingerprint density at radius 3 is 2.13 bits per heavy atom. The number of hydrogen-bond acceptors (Lipinski definition) is 11. The Bertz CT molecular complexity index is 2390. The lowest BCUT2D eigenvalue weighted by Gasteiger charge is -2.58. The van der Waals surface area contributed by atoms with Crippen molar-refractivity contribution >= 4 is 14.6 Å². The lowest BCUT2D eigenvalue weighted by atomic mass is 9.47. The van der Waals surface area contributed by atoms with Crippen LogP contribution in [0.4, 0.5) is 4.79 Å². The van der Waals surface area contributed by atoms with Gasteiger partial charge in [-0.05, 0) is 166 Å². The van der Waals surface area contributed by atoms with E-state index in [4.69, 9.17) is 37.5 Å². The second-order valence-corrected chi connectivity index (χ2v) is 26.5. The van der Waals surface area contributed by atoms with E-state index in [1.807, 2.05) is 66.7 Å².